The molecule has 1 rings (SSSR count). The number of non-ortho nitro benzene ring substituents is 1. The number of hydrogen-bond acceptors (Lipinski definition) is 4. The number of rotatable bonds is 9. The SMILES string of the molecule is CCN(CC)P(=O)(N(CC)CC)N(C)C(=O)Nc1cccc([N+](=O)[O-])c1. The highest BCUT2D eigenvalue weighted by molar-refractivity contribution is 7.57. The van der Waals surface area contributed by atoms with Gasteiger partial charge in [0.05, 0.1) is 4.92 Å². The molecular formula is C16H28N5O4P. The molecule has 0 bridgehead atoms. The molecule has 0 aromatic heterocycles. The van der Waals surface area contributed by atoms with E-state index >= 15 is 0 Å². The molecule has 0 fully saturated rings. The Kier molecular flexibility index (Phi) is 8.20. The van der Waals surface area contributed by atoms with E-state index in [-0.39, 0.29) is 11.4 Å². The van der Waals surface area contributed by atoms with Crippen LogP contribution in [-0.4, -0.2) is 58.2 Å². The zero-order valence-corrected chi connectivity index (χ0v) is 16.9. The summed E-state index contributed by atoms with van der Waals surface area (Å²) in [5.74, 6) is 0. The van der Waals surface area contributed by atoms with E-state index in [1.165, 1.54) is 29.9 Å². The van der Waals surface area contributed by atoms with E-state index in [9.17, 15) is 19.5 Å². The highest BCUT2D eigenvalue weighted by Gasteiger charge is 2.41. The Morgan fingerprint density at radius 3 is 2.04 bits per heavy atom. The molecule has 2 amide bonds. The van der Waals surface area contributed by atoms with Crippen LogP contribution in [-0.2, 0) is 4.57 Å². The third-order valence-corrected chi connectivity index (χ3v) is 7.76. The Morgan fingerprint density at radius 1 is 1.12 bits per heavy atom. The molecular weight excluding hydrogens is 357 g/mol. The van der Waals surface area contributed by atoms with Crippen LogP contribution in [0.4, 0.5) is 16.2 Å². The molecule has 0 radical (unpaired) electrons. The molecule has 10 heteroatoms. The molecule has 0 aliphatic heterocycles. The zero-order valence-electron chi connectivity index (χ0n) is 16.0. The van der Waals surface area contributed by atoms with Crippen molar-refractivity contribution in [2.75, 3.05) is 38.5 Å². The predicted molar refractivity (Wildman–Crippen MR) is 103 cm³/mol. The van der Waals surface area contributed by atoms with E-state index in [2.05, 4.69) is 5.32 Å². The smallest absolute Gasteiger partial charge is 0.307 e. The number of urea groups is 1. The number of anilines is 1. The molecule has 1 N–H and O–H groups in total. The first-order chi connectivity index (χ1) is 12.3. The first-order valence-electron chi connectivity index (χ1n) is 8.66. The van der Waals surface area contributed by atoms with Crippen molar-refractivity contribution in [3.63, 3.8) is 0 Å². The summed E-state index contributed by atoms with van der Waals surface area (Å²) >= 11 is 0. The molecule has 0 heterocycles. The fourth-order valence-corrected chi connectivity index (χ4v) is 5.64. The first kappa shape index (κ1) is 22.1. The van der Waals surface area contributed by atoms with Gasteiger partial charge in [-0.05, 0) is 6.07 Å². The van der Waals surface area contributed by atoms with Gasteiger partial charge in [0.1, 0.15) is 0 Å². The van der Waals surface area contributed by atoms with Gasteiger partial charge in [-0.25, -0.2) is 14.1 Å². The molecule has 0 saturated carbocycles. The molecule has 1 aromatic rings. The average Bonchev–Trinajstić information content (AvgIpc) is 2.63. The molecule has 0 aliphatic carbocycles. The van der Waals surface area contributed by atoms with Gasteiger partial charge in [-0.1, -0.05) is 33.8 Å². The largest absolute Gasteiger partial charge is 0.328 e. The van der Waals surface area contributed by atoms with Crippen LogP contribution >= 0.6 is 7.59 Å². The zero-order chi connectivity index (χ0) is 19.9. The van der Waals surface area contributed by atoms with Gasteiger partial charge in [-0.2, -0.15) is 0 Å². The third kappa shape index (κ3) is 4.60. The van der Waals surface area contributed by atoms with E-state index in [1.54, 1.807) is 15.4 Å². The normalized spacial score (nSPS) is 11.7. The predicted octanol–water partition coefficient (Wildman–Crippen LogP) is 3.85. The van der Waals surface area contributed by atoms with Crippen molar-refractivity contribution < 1.29 is 14.3 Å². The highest BCUT2D eigenvalue weighted by Crippen LogP contribution is 2.55. The fourth-order valence-electron chi connectivity index (χ4n) is 2.76. The monoisotopic (exact) mass is 385 g/mol. The molecule has 26 heavy (non-hydrogen) atoms. The van der Waals surface area contributed by atoms with E-state index in [0.29, 0.717) is 26.2 Å². The van der Waals surface area contributed by atoms with Crippen LogP contribution in [0.25, 0.3) is 0 Å². The Labute approximate surface area is 154 Å². The molecule has 146 valence electrons. The maximum atomic E-state index is 13.9. The minimum atomic E-state index is -3.30. The topological polar surface area (TPSA) is 99.0 Å². The summed E-state index contributed by atoms with van der Waals surface area (Å²) in [5, 5.41) is 13.5. The van der Waals surface area contributed by atoms with E-state index in [1.807, 2.05) is 27.7 Å². The second-order valence-electron chi connectivity index (χ2n) is 5.55. The summed E-state index contributed by atoms with van der Waals surface area (Å²) in [6.07, 6.45) is 0. The lowest BCUT2D eigenvalue weighted by molar-refractivity contribution is -0.384. The second kappa shape index (κ2) is 9.66. The molecule has 1 aromatic carbocycles. The van der Waals surface area contributed by atoms with Crippen LogP contribution in [0.1, 0.15) is 27.7 Å². The number of carbonyl (C=O) groups excluding carboxylic acids is 1. The summed E-state index contributed by atoms with van der Waals surface area (Å²) in [6, 6.07) is 5.08. The van der Waals surface area contributed by atoms with Gasteiger partial charge < -0.3 is 5.32 Å². The van der Waals surface area contributed by atoms with E-state index < -0.39 is 18.5 Å². The lowest BCUT2D eigenvalue weighted by Crippen LogP contribution is -2.43. The number of benzene rings is 1. The van der Waals surface area contributed by atoms with Crippen molar-refractivity contribution in [3.8, 4) is 0 Å². The highest BCUT2D eigenvalue weighted by atomic mass is 31.2. The van der Waals surface area contributed by atoms with Gasteiger partial charge >= 0.3 is 13.6 Å². The van der Waals surface area contributed by atoms with Gasteiger partial charge in [0, 0.05) is 51.0 Å². The van der Waals surface area contributed by atoms with E-state index in [0.717, 1.165) is 0 Å². The summed E-state index contributed by atoms with van der Waals surface area (Å²) in [5.41, 5.74) is 0.155. The minimum Gasteiger partial charge on any atom is -0.307 e. The molecule has 0 unspecified atom stereocenters. The number of nitrogens with zero attached hydrogens (tertiary/aromatic N) is 4. The molecule has 0 aliphatic rings. The van der Waals surface area contributed by atoms with Crippen molar-refractivity contribution in [3.05, 3.63) is 34.4 Å². The van der Waals surface area contributed by atoms with Crippen LogP contribution in [0.2, 0.25) is 0 Å². The van der Waals surface area contributed by atoms with Crippen LogP contribution < -0.4 is 5.32 Å². The number of amides is 2. The van der Waals surface area contributed by atoms with Crippen LogP contribution in [0.3, 0.4) is 0 Å². The lowest BCUT2D eigenvalue weighted by Gasteiger charge is -2.42. The maximum Gasteiger partial charge on any atom is 0.328 e. The Balaban J connectivity index is 3.16. The standard InChI is InChI=1S/C16H28N5O4P/c1-6-19(7-2)26(25,20(8-3)9-4)18(5)16(22)17-14-11-10-12-15(13-14)21(23)24/h10-13H,6-9H2,1-5H3,(H,17,22). The third-order valence-electron chi connectivity index (χ3n) is 4.19. The van der Waals surface area contributed by atoms with Crippen LogP contribution in [0.5, 0.6) is 0 Å². The maximum absolute atomic E-state index is 13.9. The van der Waals surface area contributed by atoms with Crippen LogP contribution in [0.15, 0.2) is 24.3 Å². The van der Waals surface area contributed by atoms with Gasteiger partial charge in [-0.15, -0.1) is 0 Å². The summed E-state index contributed by atoms with van der Waals surface area (Å²) in [6.45, 7) is 9.69. The van der Waals surface area contributed by atoms with Crippen LogP contribution in [0, 0.1) is 10.1 Å². The van der Waals surface area contributed by atoms with Gasteiger partial charge in [0.2, 0.25) is 0 Å². The Bertz CT molecular complexity index is 660. The Morgan fingerprint density at radius 2 is 1.62 bits per heavy atom. The number of hydrogen-bond donors (Lipinski definition) is 1. The van der Waals surface area contributed by atoms with Crippen molar-refractivity contribution in [2.45, 2.75) is 27.7 Å². The fraction of sp³-hybridized carbons (Fsp3) is 0.562. The molecule has 0 spiro atoms. The van der Waals surface area contributed by atoms with Crippen molar-refractivity contribution in [1.82, 2.24) is 14.0 Å². The summed E-state index contributed by atoms with van der Waals surface area (Å²) < 4.78 is 18.6. The summed E-state index contributed by atoms with van der Waals surface area (Å²) in [4.78, 5) is 23.1. The quantitative estimate of drug-likeness (QED) is 0.394. The molecule has 0 saturated heterocycles. The number of nitro benzene ring substituents is 1. The van der Waals surface area contributed by atoms with Gasteiger partial charge in [-0.3, -0.25) is 19.3 Å². The summed E-state index contributed by atoms with van der Waals surface area (Å²) in [7, 11) is -1.81. The number of carbonyl (C=O) groups is 1. The molecule has 0 atom stereocenters. The second-order valence-corrected chi connectivity index (χ2v) is 8.31. The average molecular weight is 385 g/mol. The molecule has 9 nitrogen and oxygen atoms in total. The van der Waals surface area contributed by atoms with Gasteiger partial charge in [0.15, 0.2) is 0 Å². The van der Waals surface area contributed by atoms with E-state index in [4.69, 9.17) is 0 Å². The van der Waals surface area contributed by atoms with Crippen molar-refractivity contribution in [2.24, 2.45) is 0 Å². The minimum absolute atomic E-state index is 0.124. The first-order valence-corrected chi connectivity index (χ1v) is 10.2. The number of nitrogens with one attached hydrogen (secondary N) is 1. The number of nitro groups is 1. The van der Waals surface area contributed by atoms with Crippen molar-refractivity contribution >= 4 is 25.0 Å². The Hall–Kier alpha value is -1.96. The lowest BCUT2D eigenvalue weighted by atomic mass is 10.3. The van der Waals surface area contributed by atoms with Crippen molar-refractivity contribution in [1.29, 1.82) is 0 Å². The van der Waals surface area contributed by atoms with Gasteiger partial charge in [0.25, 0.3) is 5.69 Å².